The van der Waals surface area contributed by atoms with Crippen LogP contribution in [0.15, 0.2) is 92.6 Å². The van der Waals surface area contributed by atoms with E-state index in [0.717, 1.165) is 35.7 Å². The number of methoxy groups -OCH3 is 2. The average molecular weight is 565 g/mol. The highest BCUT2D eigenvalue weighted by atomic mass is 32.2. The molecule has 12 heteroatoms. The molecular formula is C27H24N4O6S2. The lowest BCUT2D eigenvalue weighted by Crippen LogP contribution is -2.35. The fraction of sp³-hybridized carbons (Fsp3) is 0.185. The summed E-state index contributed by atoms with van der Waals surface area (Å²) in [6.07, 6.45) is 2.66. The van der Waals surface area contributed by atoms with Gasteiger partial charge >= 0.3 is 11.9 Å². The molecule has 0 aliphatic carbocycles. The third-order valence-electron chi connectivity index (χ3n) is 5.40. The van der Waals surface area contributed by atoms with E-state index < -0.39 is 11.9 Å². The van der Waals surface area contributed by atoms with Gasteiger partial charge in [-0.05, 0) is 54.2 Å². The predicted octanol–water partition coefficient (Wildman–Crippen LogP) is 4.02. The molecule has 2 aliphatic heterocycles. The summed E-state index contributed by atoms with van der Waals surface area (Å²) in [7, 11) is 2.48. The van der Waals surface area contributed by atoms with E-state index in [4.69, 9.17) is 0 Å². The second kappa shape index (κ2) is 13.1. The van der Waals surface area contributed by atoms with E-state index >= 15 is 0 Å². The highest BCUT2D eigenvalue weighted by Gasteiger charge is 2.36. The molecule has 200 valence electrons. The Hall–Kier alpha value is -4.16. The van der Waals surface area contributed by atoms with Crippen LogP contribution in [0, 0.1) is 0 Å². The van der Waals surface area contributed by atoms with E-state index in [0.29, 0.717) is 28.1 Å². The zero-order chi connectivity index (χ0) is 27.8. The average Bonchev–Trinajstić information content (AvgIpc) is 3.39. The molecule has 0 saturated carbocycles. The second-order valence-electron chi connectivity index (χ2n) is 7.99. The molecule has 0 aromatic heterocycles. The molecule has 0 bridgehead atoms. The number of rotatable bonds is 8. The molecule has 2 amide bonds. The van der Waals surface area contributed by atoms with Crippen molar-refractivity contribution in [2.45, 2.75) is 6.42 Å². The molecule has 2 saturated heterocycles. The number of amides is 2. The van der Waals surface area contributed by atoms with E-state index in [1.165, 1.54) is 24.0 Å². The predicted molar refractivity (Wildman–Crippen MR) is 150 cm³/mol. The number of carbonyl (C=O) groups excluding carboxylic acids is 4. The number of hydrogen-bond acceptors (Lipinski definition) is 10. The topological polar surface area (TPSA) is 118 Å². The molecule has 2 aliphatic rings. The molecule has 2 fully saturated rings. The van der Waals surface area contributed by atoms with Crippen molar-refractivity contribution in [2.75, 3.05) is 27.3 Å². The molecule has 0 atom stereocenters. The summed E-state index contributed by atoms with van der Waals surface area (Å²) in [5, 5.41) is 0.820. The van der Waals surface area contributed by atoms with Crippen molar-refractivity contribution in [3.8, 4) is 0 Å². The Kier molecular flexibility index (Phi) is 9.34. The normalized spacial score (nSPS) is 19.5. The maximum atomic E-state index is 13.1. The molecular weight excluding hydrogens is 540 g/mol. The fourth-order valence-electron chi connectivity index (χ4n) is 3.52. The molecule has 0 N–H and O–H groups in total. The number of para-hydroxylation sites is 2. The number of aliphatic imine (C=N–C) groups is 2. The zero-order valence-electron chi connectivity index (χ0n) is 21.1. The number of hydrogen-bond donors (Lipinski definition) is 0. The number of nitrogens with zero attached hydrogens (tertiary/aromatic N) is 4. The maximum absolute atomic E-state index is 13.1. The van der Waals surface area contributed by atoms with E-state index in [-0.39, 0.29) is 34.7 Å². The minimum atomic E-state index is -0.641. The largest absolute Gasteiger partial charge is 0.466 e. The Morgan fingerprint density at radius 2 is 1.10 bits per heavy atom. The molecule has 2 aromatic rings. The Bertz CT molecular complexity index is 1280. The van der Waals surface area contributed by atoms with Crippen molar-refractivity contribution < 1.29 is 28.7 Å². The van der Waals surface area contributed by atoms with Crippen molar-refractivity contribution >= 4 is 69.0 Å². The molecule has 0 radical (unpaired) electrons. The van der Waals surface area contributed by atoms with Gasteiger partial charge in [0, 0.05) is 25.2 Å². The number of carbonyl (C=O) groups is 4. The van der Waals surface area contributed by atoms with E-state index in [2.05, 4.69) is 19.5 Å². The highest BCUT2D eigenvalue weighted by Crippen LogP contribution is 2.35. The third kappa shape index (κ3) is 7.03. The van der Waals surface area contributed by atoms with E-state index in [9.17, 15) is 19.2 Å². The molecule has 4 rings (SSSR count). The first-order chi connectivity index (χ1) is 18.9. The van der Waals surface area contributed by atoms with Gasteiger partial charge in [0.2, 0.25) is 0 Å². The van der Waals surface area contributed by atoms with Crippen molar-refractivity contribution in [1.29, 1.82) is 0 Å². The maximum Gasteiger partial charge on any atom is 0.331 e. The second-order valence-corrected chi connectivity index (χ2v) is 10.0. The first kappa shape index (κ1) is 27.9. The van der Waals surface area contributed by atoms with Crippen molar-refractivity contribution in [2.24, 2.45) is 9.98 Å². The van der Waals surface area contributed by atoms with E-state index in [1.807, 2.05) is 36.4 Å². The molecule has 10 nitrogen and oxygen atoms in total. The van der Waals surface area contributed by atoms with Gasteiger partial charge < -0.3 is 9.47 Å². The van der Waals surface area contributed by atoms with Gasteiger partial charge in [0.05, 0.1) is 35.4 Å². The Labute approximate surface area is 233 Å². The van der Waals surface area contributed by atoms with Gasteiger partial charge in [-0.1, -0.05) is 36.4 Å². The van der Waals surface area contributed by atoms with Crippen LogP contribution >= 0.6 is 23.5 Å². The van der Waals surface area contributed by atoms with Crippen LogP contribution in [0.25, 0.3) is 0 Å². The number of esters is 2. The van der Waals surface area contributed by atoms with Gasteiger partial charge in [0.25, 0.3) is 11.8 Å². The van der Waals surface area contributed by atoms with Crippen LogP contribution in [0.4, 0.5) is 11.4 Å². The summed E-state index contributed by atoms with van der Waals surface area (Å²) in [5.74, 6) is -2.05. The lowest BCUT2D eigenvalue weighted by molar-refractivity contribution is -0.135. The van der Waals surface area contributed by atoms with Gasteiger partial charge in [-0.2, -0.15) is 0 Å². The van der Waals surface area contributed by atoms with Gasteiger partial charge in [0.1, 0.15) is 0 Å². The van der Waals surface area contributed by atoms with Crippen LogP contribution in [0.5, 0.6) is 0 Å². The van der Waals surface area contributed by atoms with E-state index in [1.54, 1.807) is 24.3 Å². The summed E-state index contributed by atoms with van der Waals surface area (Å²) < 4.78 is 9.36. The zero-order valence-corrected chi connectivity index (χ0v) is 22.7. The van der Waals surface area contributed by atoms with Gasteiger partial charge in [-0.3, -0.25) is 19.4 Å². The summed E-state index contributed by atoms with van der Waals surface area (Å²) >= 11 is 2.16. The SMILES string of the molecule is COC(=O)/C=C1\SC(=Nc2ccccc2)N(CCCN2C(=O)/C(=C/C(=O)OC)SC2=Nc2ccccc2)C1=O. The van der Waals surface area contributed by atoms with Crippen LogP contribution in [0.2, 0.25) is 0 Å². The fourth-order valence-corrected chi connectivity index (χ4v) is 5.49. The molecule has 0 unspecified atom stereocenters. The standard InChI is InChI=1S/C27H24N4O6S2/c1-36-22(32)16-20-24(34)30(26(38-20)28-18-10-5-3-6-11-18)14-9-15-31-25(35)21(17-23(33)37-2)39-27(31)29-19-12-7-4-8-13-19/h3-8,10-13,16-17H,9,14-15H2,1-2H3/b20-16-,21-17-,28-26?,29-27?. The van der Waals surface area contributed by atoms with Gasteiger partial charge in [-0.25, -0.2) is 19.6 Å². The highest BCUT2D eigenvalue weighted by molar-refractivity contribution is 8.18. The van der Waals surface area contributed by atoms with Crippen molar-refractivity contribution in [3.05, 3.63) is 82.6 Å². The van der Waals surface area contributed by atoms with Crippen molar-refractivity contribution in [3.63, 3.8) is 0 Å². The summed E-state index contributed by atoms with van der Waals surface area (Å²) in [6.45, 7) is 0.443. The lowest BCUT2D eigenvalue weighted by atomic mass is 10.3. The molecule has 2 aromatic carbocycles. The summed E-state index contributed by atoms with van der Waals surface area (Å²) in [5.41, 5.74) is 1.30. The number of amidine groups is 2. The first-order valence-electron chi connectivity index (χ1n) is 11.8. The van der Waals surface area contributed by atoms with Gasteiger partial charge in [-0.15, -0.1) is 0 Å². The number of thioether (sulfide) groups is 2. The Morgan fingerprint density at radius 3 is 1.46 bits per heavy atom. The summed E-state index contributed by atoms with van der Waals surface area (Å²) in [6, 6.07) is 18.3. The van der Waals surface area contributed by atoms with Crippen LogP contribution < -0.4 is 0 Å². The Balaban J connectivity index is 1.55. The van der Waals surface area contributed by atoms with Crippen LogP contribution in [0.1, 0.15) is 6.42 Å². The molecule has 2 heterocycles. The Morgan fingerprint density at radius 1 is 0.718 bits per heavy atom. The minimum Gasteiger partial charge on any atom is -0.466 e. The first-order valence-corrected chi connectivity index (χ1v) is 13.4. The summed E-state index contributed by atoms with van der Waals surface area (Å²) in [4.78, 5) is 62.4. The molecule has 39 heavy (non-hydrogen) atoms. The molecule has 0 spiro atoms. The van der Waals surface area contributed by atoms with Crippen molar-refractivity contribution in [1.82, 2.24) is 9.80 Å². The monoisotopic (exact) mass is 564 g/mol. The third-order valence-corrected chi connectivity index (χ3v) is 7.42. The van der Waals surface area contributed by atoms with Crippen LogP contribution in [-0.2, 0) is 28.7 Å². The minimum absolute atomic E-state index is 0.193. The smallest absolute Gasteiger partial charge is 0.331 e. The van der Waals surface area contributed by atoms with Gasteiger partial charge in [0.15, 0.2) is 10.3 Å². The number of benzene rings is 2. The lowest BCUT2D eigenvalue weighted by Gasteiger charge is -2.19. The quantitative estimate of drug-likeness (QED) is 0.349. The number of ether oxygens (including phenoxy) is 2. The van der Waals surface area contributed by atoms with Crippen LogP contribution in [0.3, 0.4) is 0 Å². The van der Waals surface area contributed by atoms with Crippen LogP contribution in [-0.4, -0.2) is 71.2 Å².